The van der Waals surface area contributed by atoms with E-state index in [1.165, 1.54) is 12.8 Å². The maximum absolute atomic E-state index is 12.7. The molecule has 0 aliphatic heterocycles. The van der Waals surface area contributed by atoms with Crippen molar-refractivity contribution >= 4 is 5.91 Å². The fourth-order valence-corrected chi connectivity index (χ4v) is 2.64. The van der Waals surface area contributed by atoms with Crippen LogP contribution in [0.3, 0.4) is 0 Å². The van der Waals surface area contributed by atoms with Gasteiger partial charge in [-0.15, -0.1) is 0 Å². The Hall–Kier alpha value is -0.610. The van der Waals surface area contributed by atoms with Crippen LogP contribution in [0.1, 0.15) is 40.0 Å². The highest BCUT2D eigenvalue weighted by Crippen LogP contribution is 2.35. The minimum Gasteiger partial charge on any atom is -0.383 e. The van der Waals surface area contributed by atoms with E-state index in [4.69, 9.17) is 10.5 Å². The average molecular weight is 270 g/mol. The number of rotatable bonds is 9. The molecule has 4 heteroatoms. The lowest BCUT2D eigenvalue weighted by atomic mass is 9.95. The van der Waals surface area contributed by atoms with Gasteiger partial charge in [0.15, 0.2) is 0 Å². The van der Waals surface area contributed by atoms with Crippen molar-refractivity contribution in [3.8, 4) is 0 Å². The van der Waals surface area contributed by atoms with E-state index in [9.17, 15) is 4.79 Å². The summed E-state index contributed by atoms with van der Waals surface area (Å²) in [5.74, 6) is 1.35. The summed E-state index contributed by atoms with van der Waals surface area (Å²) in [6.45, 7) is 8.16. The highest BCUT2D eigenvalue weighted by molar-refractivity contribution is 5.79. The highest BCUT2D eigenvalue weighted by Gasteiger charge is 2.36. The molecule has 0 heterocycles. The number of amides is 1. The summed E-state index contributed by atoms with van der Waals surface area (Å²) in [5.41, 5.74) is 5.80. The van der Waals surface area contributed by atoms with Gasteiger partial charge >= 0.3 is 0 Å². The number of nitrogens with zero attached hydrogens (tertiary/aromatic N) is 1. The number of carbonyl (C=O) groups is 1. The number of ether oxygens (including phenoxy) is 1. The molecule has 0 spiro atoms. The van der Waals surface area contributed by atoms with E-state index < -0.39 is 0 Å². The molecule has 0 aromatic carbocycles. The fourth-order valence-electron chi connectivity index (χ4n) is 2.64. The van der Waals surface area contributed by atoms with E-state index >= 15 is 0 Å². The summed E-state index contributed by atoms with van der Waals surface area (Å²) in [7, 11) is 1.68. The second-order valence-corrected chi connectivity index (χ2v) is 6.16. The third-order valence-electron chi connectivity index (χ3n) is 4.00. The smallest absolute Gasteiger partial charge is 0.227 e. The standard InChI is InChI=1S/C15H30N2O2/c1-11(2)9-14(10-16)15(18)17(7-8-19-4)12(3)13-5-6-13/h11-14H,5-10,16H2,1-4H3. The molecule has 0 saturated heterocycles. The lowest BCUT2D eigenvalue weighted by Gasteiger charge is -2.32. The summed E-state index contributed by atoms with van der Waals surface area (Å²) < 4.78 is 5.14. The van der Waals surface area contributed by atoms with Crippen molar-refractivity contribution in [1.29, 1.82) is 0 Å². The molecule has 1 aliphatic carbocycles. The van der Waals surface area contributed by atoms with Gasteiger partial charge in [0.1, 0.15) is 0 Å². The first kappa shape index (κ1) is 16.4. The fraction of sp³-hybridized carbons (Fsp3) is 0.933. The minimum atomic E-state index is -0.0435. The van der Waals surface area contributed by atoms with E-state index in [0.29, 0.717) is 37.6 Å². The molecule has 2 unspecified atom stereocenters. The van der Waals surface area contributed by atoms with Crippen LogP contribution in [-0.2, 0) is 9.53 Å². The third kappa shape index (κ3) is 5.11. The number of nitrogens with two attached hydrogens (primary N) is 1. The first-order valence-electron chi connectivity index (χ1n) is 7.50. The Kier molecular flexibility index (Phi) is 6.80. The maximum atomic E-state index is 12.7. The van der Waals surface area contributed by atoms with Gasteiger partial charge in [-0.2, -0.15) is 0 Å². The Morgan fingerprint density at radius 2 is 2.00 bits per heavy atom. The summed E-state index contributed by atoms with van der Waals surface area (Å²) in [6, 6.07) is 0.323. The summed E-state index contributed by atoms with van der Waals surface area (Å²) in [4.78, 5) is 14.7. The minimum absolute atomic E-state index is 0.0435. The Bertz CT molecular complexity index is 277. The highest BCUT2D eigenvalue weighted by atomic mass is 16.5. The van der Waals surface area contributed by atoms with Crippen molar-refractivity contribution in [2.75, 3.05) is 26.8 Å². The lowest BCUT2D eigenvalue weighted by molar-refractivity contribution is -0.139. The van der Waals surface area contributed by atoms with E-state index in [1.807, 2.05) is 4.90 Å². The Balaban J connectivity index is 2.67. The van der Waals surface area contributed by atoms with Crippen molar-refractivity contribution in [2.45, 2.75) is 46.1 Å². The first-order valence-corrected chi connectivity index (χ1v) is 7.50. The van der Waals surface area contributed by atoms with E-state index in [2.05, 4.69) is 20.8 Å². The quantitative estimate of drug-likeness (QED) is 0.696. The molecule has 0 bridgehead atoms. The molecular weight excluding hydrogens is 240 g/mol. The van der Waals surface area contributed by atoms with Gasteiger partial charge in [0.25, 0.3) is 0 Å². The molecule has 2 N–H and O–H groups in total. The third-order valence-corrected chi connectivity index (χ3v) is 4.00. The predicted molar refractivity (Wildman–Crippen MR) is 77.8 cm³/mol. The van der Waals surface area contributed by atoms with Crippen molar-refractivity contribution in [2.24, 2.45) is 23.5 Å². The summed E-state index contributed by atoms with van der Waals surface area (Å²) >= 11 is 0. The zero-order valence-electron chi connectivity index (χ0n) is 12.9. The maximum Gasteiger partial charge on any atom is 0.227 e. The van der Waals surface area contributed by atoms with E-state index in [1.54, 1.807) is 7.11 Å². The van der Waals surface area contributed by atoms with Gasteiger partial charge in [-0.05, 0) is 38.0 Å². The van der Waals surface area contributed by atoms with Crippen LogP contribution in [-0.4, -0.2) is 43.7 Å². The molecule has 0 radical (unpaired) electrons. The molecule has 112 valence electrons. The van der Waals surface area contributed by atoms with Crippen LogP contribution in [0, 0.1) is 17.8 Å². The van der Waals surface area contributed by atoms with Gasteiger partial charge in [0, 0.05) is 26.2 Å². The second-order valence-electron chi connectivity index (χ2n) is 6.16. The van der Waals surface area contributed by atoms with Crippen molar-refractivity contribution in [3.63, 3.8) is 0 Å². The van der Waals surface area contributed by atoms with Crippen LogP contribution in [0.5, 0.6) is 0 Å². The molecule has 1 saturated carbocycles. The number of hydrogen-bond acceptors (Lipinski definition) is 3. The molecular formula is C15H30N2O2. The molecule has 2 atom stereocenters. The number of methoxy groups -OCH3 is 1. The van der Waals surface area contributed by atoms with Crippen molar-refractivity contribution in [1.82, 2.24) is 4.90 Å². The van der Waals surface area contributed by atoms with E-state index in [-0.39, 0.29) is 11.8 Å². The zero-order chi connectivity index (χ0) is 14.4. The van der Waals surface area contributed by atoms with Crippen LogP contribution in [0.4, 0.5) is 0 Å². The van der Waals surface area contributed by atoms with Gasteiger partial charge in [-0.3, -0.25) is 4.79 Å². The monoisotopic (exact) mass is 270 g/mol. The molecule has 1 aliphatic rings. The number of carbonyl (C=O) groups excluding carboxylic acids is 1. The van der Waals surface area contributed by atoms with Gasteiger partial charge < -0.3 is 15.4 Å². The van der Waals surface area contributed by atoms with Crippen LogP contribution in [0.25, 0.3) is 0 Å². The van der Waals surface area contributed by atoms with Gasteiger partial charge in [0.2, 0.25) is 5.91 Å². The molecule has 1 rings (SSSR count). The number of hydrogen-bond donors (Lipinski definition) is 1. The molecule has 19 heavy (non-hydrogen) atoms. The SMILES string of the molecule is COCCN(C(=O)C(CN)CC(C)C)C(C)C1CC1. The normalized spacial score (nSPS) is 18.4. The molecule has 1 amide bonds. The lowest BCUT2D eigenvalue weighted by Crippen LogP contribution is -2.46. The topological polar surface area (TPSA) is 55.6 Å². The molecule has 4 nitrogen and oxygen atoms in total. The predicted octanol–water partition coefficient (Wildman–Crippen LogP) is 1.88. The van der Waals surface area contributed by atoms with Gasteiger partial charge in [-0.1, -0.05) is 13.8 Å². The van der Waals surface area contributed by atoms with Crippen LogP contribution in [0.15, 0.2) is 0 Å². The Morgan fingerprint density at radius 3 is 2.42 bits per heavy atom. The molecule has 1 fully saturated rings. The second kappa shape index (κ2) is 7.85. The van der Waals surface area contributed by atoms with Gasteiger partial charge in [0.05, 0.1) is 12.5 Å². The molecule has 0 aromatic heterocycles. The first-order chi connectivity index (χ1) is 9.01. The molecule has 0 aromatic rings. The Labute approximate surface area is 117 Å². The van der Waals surface area contributed by atoms with Gasteiger partial charge in [-0.25, -0.2) is 0 Å². The van der Waals surface area contributed by atoms with Crippen LogP contribution in [0.2, 0.25) is 0 Å². The van der Waals surface area contributed by atoms with Crippen LogP contribution >= 0.6 is 0 Å². The van der Waals surface area contributed by atoms with Crippen molar-refractivity contribution in [3.05, 3.63) is 0 Å². The van der Waals surface area contributed by atoms with E-state index in [0.717, 1.165) is 6.42 Å². The van der Waals surface area contributed by atoms with Crippen molar-refractivity contribution < 1.29 is 9.53 Å². The summed E-state index contributed by atoms with van der Waals surface area (Å²) in [5, 5.41) is 0. The van der Waals surface area contributed by atoms with Crippen LogP contribution < -0.4 is 5.73 Å². The Morgan fingerprint density at radius 1 is 1.37 bits per heavy atom. The summed E-state index contributed by atoms with van der Waals surface area (Å²) in [6.07, 6.45) is 3.36. The largest absolute Gasteiger partial charge is 0.383 e. The zero-order valence-corrected chi connectivity index (χ0v) is 12.9. The average Bonchev–Trinajstić information content (AvgIpc) is 3.19.